The summed E-state index contributed by atoms with van der Waals surface area (Å²) in [6.07, 6.45) is 3.71. The van der Waals surface area contributed by atoms with Crippen LogP contribution >= 0.6 is 0 Å². The van der Waals surface area contributed by atoms with Crippen LogP contribution < -0.4 is 0 Å². The van der Waals surface area contributed by atoms with Crippen molar-refractivity contribution in [2.75, 3.05) is 52.5 Å². The molecular formula is C15H25N3O3. The van der Waals surface area contributed by atoms with Crippen LogP contribution in [0.4, 0.5) is 0 Å². The first kappa shape index (κ1) is 14.8. The van der Waals surface area contributed by atoms with Gasteiger partial charge in [0.1, 0.15) is 0 Å². The van der Waals surface area contributed by atoms with E-state index in [0.29, 0.717) is 12.5 Å². The Morgan fingerprint density at radius 1 is 1.14 bits per heavy atom. The van der Waals surface area contributed by atoms with Gasteiger partial charge in [-0.3, -0.25) is 14.5 Å². The Morgan fingerprint density at radius 2 is 1.95 bits per heavy atom. The fourth-order valence-corrected chi connectivity index (χ4v) is 3.56. The maximum Gasteiger partial charge on any atom is 0.242 e. The zero-order chi connectivity index (χ0) is 14.7. The van der Waals surface area contributed by atoms with Crippen LogP contribution in [0, 0.1) is 0 Å². The third-order valence-corrected chi connectivity index (χ3v) is 4.81. The van der Waals surface area contributed by atoms with Crippen molar-refractivity contribution in [3.05, 3.63) is 0 Å². The Hall–Kier alpha value is -1.14. The van der Waals surface area contributed by atoms with Crippen LogP contribution in [0.25, 0.3) is 0 Å². The second kappa shape index (κ2) is 6.75. The molecule has 0 aromatic heterocycles. The number of likely N-dealkylation sites (tertiary alicyclic amines) is 2. The fourth-order valence-electron chi connectivity index (χ4n) is 3.56. The van der Waals surface area contributed by atoms with Crippen LogP contribution in [0.1, 0.15) is 25.7 Å². The molecule has 0 saturated carbocycles. The Kier molecular flexibility index (Phi) is 4.75. The Labute approximate surface area is 126 Å². The van der Waals surface area contributed by atoms with Crippen LogP contribution in [0.2, 0.25) is 0 Å². The molecular weight excluding hydrogens is 270 g/mol. The van der Waals surface area contributed by atoms with Gasteiger partial charge in [-0.05, 0) is 19.3 Å². The van der Waals surface area contributed by atoms with Gasteiger partial charge in [-0.1, -0.05) is 0 Å². The number of piperidine rings is 1. The topological polar surface area (TPSA) is 53.1 Å². The smallest absolute Gasteiger partial charge is 0.242 e. The van der Waals surface area contributed by atoms with E-state index in [1.54, 1.807) is 4.90 Å². The van der Waals surface area contributed by atoms with Gasteiger partial charge >= 0.3 is 0 Å². The van der Waals surface area contributed by atoms with E-state index in [1.165, 1.54) is 0 Å². The van der Waals surface area contributed by atoms with E-state index in [-0.39, 0.29) is 18.4 Å². The molecule has 6 nitrogen and oxygen atoms in total. The monoisotopic (exact) mass is 295 g/mol. The number of hydrogen-bond acceptors (Lipinski definition) is 4. The van der Waals surface area contributed by atoms with Crippen molar-refractivity contribution in [3.8, 4) is 0 Å². The van der Waals surface area contributed by atoms with Crippen molar-refractivity contribution < 1.29 is 14.3 Å². The molecule has 0 aromatic carbocycles. The first-order valence-electron chi connectivity index (χ1n) is 8.11. The largest absolute Gasteiger partial charge is 0.379 e. The fraction of sp³-hybridized carbons (Fsp3) is 0.867. The molecule has 118 valence electrons. The van der Waals surface area contributed by atoms with Gasteiger partial charge < -0.3 is 14.5 Å². The van der Waals surface area contributed by atoms with E-state index in [9.17, 15) is 9.59 Å². The Morgan fingerprint density at radius 3 is 2.67 bits per heavy atom. The number of ether oxygens (including phenoxy) is 1. The summed E-state index contributed by atoms with van der Waals surface area (Å²) in [6.45, 7) is 6.19. The summed E-state index contributed by atoms with van der Waals surface area (Å²) in [6, 6.07) is 0.459. The van der Waals surface area contributed by atoms with Gasteiger partial charge in [0.05, 0.1) is 19.8 Å². The zero-order valence-electron chi connectivity index (χ0n) is 12.6. The summed E-state index contributed by atoms with van der Waals surface area (Å²) >= 11 is 0. The highest BCUT2D eigenvalue weighted by molar-refractivity contribution is 5.85. The number of carbonyl (C=O) groups excluding carboxylic acids is 2. The van der Waals surface area contributed by atoms with E-state index in [0.717, 1.165) is 65.2 Å². The summed E-state index contributed by atoms with van der Waals surface area (Å²) in [4.78, 5) is 30.2. The van der Waals surface area contributed by atoms with Gasteiger partial charge in [0.25, 0.3) is 0 Å². The molecule has 0 spiro atoms. The number of amides is 2. The van der Waals surface area contributed by atoms with Gasteiger partial charge in [0.2, 0.25) is 11.8 Å². The van der Waals surface area contributed by atoms with E-state index >= 15 is 0 Å². The molecule has 0 radical (unpaired) electrons. The lowest BCUT2D eigenvalue weighted by atomic mass is 10.0. The molecule has 3 heterocycles. The van der Waals surface area contributed by atoms with Crippen molar-refractivity contribution in [2.45, 2.75) is 31.7 Å². The molecule has 0 aromatic rings. The minimum absolute atomic E-state index is 0.114. The van der Waals surface area contributed by atoms with E-state index in [1.807, 2.05) is 4.90 Å². The van der Waals surface area contributed by atoms with Crippen molar-refractivity contribution in [1.29, 1.82) is 0 Å². The summed E-state index contributed by atoms with van der Waals surface area (Å²) in [5, 5.41) is 0. The SMILES string of the molecule is O=C1CCCN1CC(=O)N1CCCC(N2CCOCC2)C1. The molecule has 21 heavy (non-hydrogen) atoms. The number of carbonyl (C=O) groups is 2. The maximum atomic E-state index is 12.4. The molecule has 3 saturated heterocycles. The lowest BCUT2D eigenvalue weighted by molar-refractivity contribution is -0.140. The third kappa shape index (κ3) is 3.55. The lowest BCUT2D eigenvalue weighted by Gasteiger charge is -2.41. The molecule has 3 rings (SSSR count). The molecule has 0 bridgehead atoms. The van der Waals surface area contributed by atoms with Crippen molar-refractivity contribution in [1.82, 2.24) is 14.7 Å². The average Bonchev–Trinajstić information content (AvgIpc) is 2.93. The highest BCUT2D eigenvalue weighted by atomic mass is 16.5. The molecule has 0 N–H and O–H groups in total. The Balaban J connectivity index is 1.52. The minimum Gasteiger partial charge on any atom is -0.379 e. The van der Waals surface area contributed by atoms with E-state index < -0.39 is 0 Å². The second-order valence-corrected chi connectivity index (χ2v) is 6.20. The van der Waals surface area contributed by atoms with Gasteiger partial charge in [0, 0.05) is 45.2 Å². The highest BCUT2D eigenvalue weighted by Crippen LogP contribution is 2.18. The molecule has 3 aliphatic heterocycles. The molecule has 1 atom stereocenters. The Bertz CT molecular complexity index is 396. The minimum atomic E-state index is 0.114. The summed E-state index contributed by atoms with van der Waals surface area (Å²) in [5.74, 6) is 0.244. The summed E-state index contributed by atoms with van der Waals surface area (Å²) in [7, 11) is 0. The maximum absolute atomic E-state index is 12.4. The normalized spacial score (nSPS) is 28.2. The molecule has 3 fully saturated rings. The molecule has 3 aliphatic rings. The van der Waals surface area contributed by atoms with Crippen LogP contribution in [0.15, 0.2) is 0 Å². The predicted molar refractivity (Wildman–Crippen MR) is 77.8 cm³/mol. The molecule has 2 amide bonds. The first-order chi connectivity index (χ1) is 10.2. The van der Waals surface area contributed by atoms with Crippen molar-refractivity contribution in [2.24, 2.45) is 0 Å². The number of hydrogen-bond donors (Lipinski definition) is 0. The molecule has 0 aliphatic carbocycles. The second-order valence-electron chi connectivity index (χ2n) is 6.20. The van der Waals surface area contributed by atoms with E-state index in [4.69, 9.17) is 4.74 Å². The average molecular weight is 295 g/mol. The van der Waals surface area contributed by atoms with Gasteiger partial charge in [-0.2, -0.15) is 0 Å². The van der Waals surface area contributed by atoms with Crippen LogP contribution in [0.3, 0.4) is 0 Å². The van der Waals surface area contributed by atoms with Crippen molar-refractivity contribution >= 4 is 11.8 Å². The van der Waals surface area contributed by atoms with Crippen molar-refractivity contribution in [3.63, 3.8) is 0 Å². The van der Waals surface area contributed by atoms with Crippen LogP contribution in [-0.2, 0) is 14.3 Å². The number of nitrogens with zero attached hydrogens (tertiary/aromatic N) is 3. The first-order valence-corrected chi connectivity index (χ1v) is 8.11. The molecule has 6 heteroatoms. The van der Waals surface area contributed by atoms with Gasteiger partial charge in [-0.15, -0.1) is 0 Å². The van der Waals surface area contributed by atoms with Crippen LogP contribution in [-0.4, -0.2) is 85.0 Å². The van der Waals surface area contributed by atoms with Crippen LogP contribution in [0.5, 0.6) is 0 Å². The van der Waals surface area contributed by atoms with E-state index in [2.05, 4.69) is 4.90 Å². The van der Waals surface area contributed by atoms with Gasteiger partial charge in [0.15, 0.2) is 0 Å². The predicted octanol–water partition coefficient (Wildman–Crippen LogP) is -0.0680. The molecule has 1 unspecified atom stereocenters. The summed E-state index contributed by atoms with van der Waals surface area (Å²) in [5.41, 5.74) is 0. The third-order valence-electron chi connectivity index (χ3n) is 4.81. The number of rotatable bonds is 3. The van der Waals surface area contributed by atoms with Gasteiger partial charge in [-0.25, -0.2) is 0 Å². The lowest BCUT2D eigenvalue weighted by Crippen LogP contribution is -2.54. The quantitative estimate of drug-likeness (QED) is 0.731. The highest BCUT2D eigenvalue weighted by Gasteiger charge is 2.30. The zero-order valence-corrected chi connectivity index (χ0v) is 12.6. The number of morpholine rings is 1. The standard InChI is InChI=1S/C15H25N3O3/c19-14-4-2-6-18(14)12-15(20)17-5-1-3-13(11-17)16-7-9-21-10-8-16/h13H,1-12H2. The summed E-state index contributed by atoms with van der Waals surface area (Å²) < 4.78 is 5.40.